The predicted molar refractivity (Wildman–Crippen MR) is 204 cm³/mol. The maximum atomic E-state index is 13.7. The van der Waals surface area contributed by atoms with Crippen LogP contribution >= 0.6 is 11.8 Å². The van der Waals surface area contributed by atoms with E-state index >= 15 is 0 Å². The molecular weight excluding hydrogens is 675 g/mol. The minimum Gasteiger partial charge on any atom is -0.497 e. The van der Waals surface area contributed by atoms with Crippen LogP contribution in [0.25, 0.3) is 17.4 Å². The lowest BCUT2D eigenvalue weighted by Gasteiger charge is -2.18. The Balaban J connectivity index is 1.21. The summed E-state index contributed by atoms with van der Waals surface area (Å²) in [6.45, 7) is 0. The number of carbonyl (C=O) groups excluding carboxylic acids is 3. The highest BCUT2D eigenvalue weighted by Crippen LogP contribution is 2.37. The summed E-state index contributed by atoms with van der Waals surface area (Å²) in [4.78, 5) is 41.2. The maximum absolute atomic E-state index is 13.7. The van der Waals surface area contributed by atoms with Crippen LogP contribution in [-0.2, 0) is 9.59 Å². The number of para-hydroxylation sites is 1. The summed E-state index contributed by atoms with van der Waals surface area (Å²) in [6, 6.07) is 43.4. The van der Waals surface area contributed by atoms with Crippen molar-refractivity contribution in [1.29, 1.82) is 0 Å². The Bertz CT molecular complexity index is 2180. The lowest BCUT2D eigenvalue weighted by Crippen LogP contribution is -2.30. The molecule has 0 saturated heterocycles. The van der Waals surface area contributed by atoms with Gasteiger partial charge in [-0.15, -0.1) is 11.8 Å². The summed E-state index contributed by atoms with van der Waals surface area (Å²) >= 11 is 1.38. The van der Waals surface area contributed by atoms with Gasteiger partial charge in [0.25, 0.3) is 11.8 Å². The van der Waals surface area contributed by atoms with Crippen LogP contribution in [-0.4, -0.2) is 31.9 Å². The number of benzene rings is 5. The average molecular weight is 710 g/mol. The maximum Gasteiger partial charge on any atom is 0.272 e. The molecular formula is C42H35N3O6S. The summed E-state index contributed by atoms with van der Waals surface area (Å²) in [6.07, 6.45) is 1.48. The number of anilines is 2. The van der Waals surface area contributed by atoms with E-state index in [1.165, 1.54) is 17.8 Å². The van der Waals surface area contributed by atoms with E-state index < -0.39 is 17.1 Å². The fourth-order valence-corrected chi connectivity index (χ4v) is 6.29. The summed E-state index contributed by atoms with van der Waals surface area (Å²) in [5, 5.41) is 8.04. The lowest BCUT2D eigenvalue weighted by atomic mass is 10.1. The fraction of sp³-hybridized carbons (Fsp3) is 0.0714. The van der Waals surface area contributed by atoms with Gasteiger partial charge in [0.05, 0.1) is 19.8 Å². The number of ether oxygens (including phenoxy) is 2. The molecule has 0 aliphatic heterocycles. The minimum atomic E-state index is -0.565. The van der Waals surface area contributed by atoms with Crippen molar-refractivity contribution in [2.45, 2.75) is 10.1 Å². The molecule has 6 rings (SSSR count). The molecule has 1 aromatic heterocycles. The van der Waals surface area contributed by atoms with Crippen LogP contribution in [0, 0.1) is 0 Å². The number of thioether (sulfide) groups is 1. The molecule has 5 aromatic carbocycles. The first kappa shape index (κ1) is 35.3. The molecule has 3 amide bonds. The Hall–Kier alpha value is -6.52. The van der Waals surface area contributed by atoms with Crippen molar-refractivity contribution in [1.82, 2.24) is 5.32 Å². The quantitative estimate of drug-likeness (QED) is 0.0810. The molecule has 0 aliphatic rings. The van der Waals surface area contributed by atoms with E-state index in [4.69, 9.17) is 13.9 Å². The molecule has 0 bridgehead atoms. The Morgan fingerprint density at radius 1 is 0.692 bits per heavy atom. The molecule has 1 heterocycles. The van der Waals surface area contributed by atoms with Crippen molar-refractivity contribution in [2.24, 2.45) is 0 Å². The summed E-state index contributed by atoms with van der Waals surface area (Å²) in [5.41, 5.74) is 3.06. The number of rotatable bonds is 13. The van der Waals surface area contributed by atoms with Gasteiger partial charge in [0.2, 0.25) is 5.91 Å². The Morgan fingerprint density at radius 2 is 1.40 bits per heavy atom. The lowest BCUT2D eigenvalue weighted by molar-refractivity contribution is -0.116. The van der Waals surface area contributed by atoms with Crippen LogP contribution in [0.5, 0.6) is 11.5 Å². The Labute approximate surface area is 305 Å². The van der Waals surface area contributed by atoms with E-state index in [1.807, 2.05) is 78.9 Å². The number of amides is 3. The van der Waals surface area contributed by atoms with Crippen molar-refractivity contribution in [2.75, 3.05) is 24.9 Å². The monoisotopic (exact) mass is 709 g/mol. The largest absolute Gasteiger partial charge is 0.497 e. The van der Waals surface area contributed by atoms with Crippen molar-refractivity contribution in [3.63, 3.8) is 0 Å². The highest BCUT2D eigenvalue weighted by atomic mass is 32.2. The molecule has 0 unspecified atom stereocenters. The second-order valence-corrected chi connectivity index (χ2v) is 12.6. The number of furan rings is 1. The second kappa shape index (κ2) is 16.9. The average Bonchev–Trinajstić information content (AvgIpc) is 3.66. The predicted octanol–water partition coefficient (Wildman–Crippen LogP) is 8.85. The van der Waals surface area contributed by atoms with Crippen LogP contribution < -0.4 is 25.4 Å². The van der Waals surface area contributed by atoms with Gasteiger partial charge in [0, 0.05) is 34.0 Å². The van der Waals surface area contributed by atoms with Crippen molar-refractivity contribution < 1.29 is 28.3 Å². The second-order valence-electron chi connectivity index (χ2n) is 11.4. The van der Waals surface area contributed by atoms with E-state index in [0.29, 0.717) is 40.0 Å². The number of nitrogens with one attached hydrogen (secondary N) is 3. The Kier molecular flexibility index (Phi) is 11.5. The molecule has 3 N–H and O–H groups in total. The van der Waals surface area contributed by atoms with Crippen molar-refractivity contribution in [3.05, 3.63) is 168 Å². The fourth-order valence-electron chi connectivity index (χ4n) is 5.27. The summed E-state index contributed by atoms with van der Waals surface area (Å²) in [7, 11) is 3.16. The van der Waals surface area contributed by atoms with Gasteiger partial charge in [-0.25, -0.2) is 0 Å². The topological polar surface area (TPSA) is 119 Å². The molecule has 0 radical (unpaired) electrons. The number of hydrogen-bond acceptors (Lipinski definition) is 7. The third kappa shape index (κ3) is 8.98. The van der Waals surface area contributed by atoms with E-state index in [-0.39, 0.29) is 11.6 Å². The molecule has 0 spiro atoms. The van der Waals surface area contributed by atoms with Crippen LogP contribution in [0.2, 0.25) is 0 Å². The van der Waals surface area contributed by atoms with Gasteiger partial charge in [0.1, 0.15) is 34.0 Å². The highest BCUT2D eigenvalue weighted by molar-refractivity contribution is 8.00. The molecule has 0 saturated carbocycles. The summed E-state index contributed by atoms with van der Waals surface area (Å²) < 4.78 is 16.8. The zero-order valence-electron chi connectivity index (χ0n) is 28.4. The van der Waals surface area contributed by atoms with Gasteiger partial charge < -0.3 is 29.8 Å². The molecule has 6 aromatic rings. The normalized spacial score (nSPS) is 11.6. The third-order valence-corrected chi connectivity index (χ3v) is 9.12. The van der Waals surface area contributed by atoms with Gasteiger partial charge >= 0.3 is 0 Å². The number of hydrogen-bond donors (Lipinski definition) is 3. The first-order valence-electron chi connectivity index (χ1n) is 16.3. The summed E-state index contributed by atoms with van der Waals surface area (Å²) in [5.74, 6) is 0.958. The first-order chi connectivity index (χ1) is 25.4. The van der Waals surface area contributed by atoms with E-state index in [1.54, 1.807) is 80.9 Å². The van der Waals surface area contributed by atoms with Crippen LogP contribution in [0.4, 0.5) is 11.4 Å². The number of methoxy groups -OCH3 is 2. The van der Waals surface area contributed by atoms with E-state index in [2.05, 4.69) is 16.0 Å². The zero-order valence-corrected chi connectivity index (χ0v) is 29.2. The van der Waals surface area contributed by atoms with E-state index in [9.17, 15) is 14.4 Å². The Morgan fingerprint density at radius 3 is 2.13 bits per heavy atom. The molecule has 0 aliphatic carbocycles. The molecule has 260 valence electrons. The van der Waals surface area contributed by atoms with Crippen LogP contribution in [0.3, 0.4) is 0 Å². The van der Waals surface area contributed by atoms with Gasteiger partial charge in [-0.1, -0.05) is 66.7 Å². The molecule has 52 heavy (non-hydrogen) atoms. The smallest absolute Gasteiger partial charge is 0.272 e. The molecule has 10 heteroatoms. The minimum absolute atomic E-state index is 0.0217. The van der Waals surface area contributed by atoms with Crippen LogP contribution in [0.1, 0.15) is 26.9 Å². The van der Waals surface area contributed by atoms with Gasteiger partial charge in [0.15, 0.2) is 0 Å². The molecule has 9 nitrogen and oxygen atoms in total. The molecule has 0 fully saturated rings. The van der Waals surface area contributed by atoms with Crippen molar-refractivity contribution >= 4 is 46.9 Å². The standard InChI is InChI=1S/C42H35N3O6S/c1-49-32-17-11-16-31(26-32)44-42(48)39(28-12-5-3-6-13-28)52-34-23-20-30(21-24-34)43-41(47)36(45-40(46)29-14-7-4-8-15-29)27-33-22-25-38(51-33)35-18-9-10-19-37(35)50-2/h3-27,39H,1-2H3,(H,43,47)(H,44,48)(H,45,46)/b36-27+/t39-/m1/s1. The van der Waals surface area contributed by atoms with Crippen molar-refractivity contribution in [3.8, 4) is 22.8 Å². The first-order valence-corrected chi connectivity index (χ1v) is 17.2. The van der Waals surface area contributed by atoms with Gasteiger partial charge in [-0.3, -0.25) is 14.4 Å². The number of carbonyl (C=O) groups is 3. The molecule has 1 atom stereocenters. The SMILES string of the molecule is COc1cccc(NC(=O)[C@H](Sc2ccc(NC(=O)/C(=C\c3ccc(-c4ccccc4OC)o3)NC(=O)c3ccccc3)cc2)c2ccccc2)c1. The third-order valence-electron chi connectivity index (χ3n) is 7.86. The van der Waals surface area contributed by atoms with Crippen LogP contribution in [0.15, 0.2) is 161 Å². The van der Waals surface area contributed by atoms with Gasteiger partial charge in [-0.2, -0.15) is 0 Å². The van der Waals surface area contributed by atoms with E-state index in [0.717, 1.165) is 16.0 Å². The highest BCUT2D eigenvalue weighted by Gasteiger charge is 2.23. The zero-order chi connectivity index (χ0) is 36.3. The van der Waals surface area contributed by atoms with Gasteiger partial charge in [-0.05, 0) is 78.4 Å².